The van der Waals surface area contributed by atoms with Gasteiger partial charge in [0.2, 0.25) is 11.1 Å². The van der Waals surface area contributed by atoms with Crippen LogP contribution in [0.1, 0.15) is 24.0 Å². The van der Waals surface area contributed by atoms with E-state index in [1.54, 1.807) is 23.7 Å². The van der Waals surface area contributed by atoms with E-state index in [1.165, 1.54) is 17.8 Å². The van der Waals surface area contributed by atoms with Crippen LogP contribution in [0.3, 0.4) is 0 Å². The molecule has 2 aromatic rings. The van der Waals surface area contributed by atoms with Crippen LogP contribution in [0.15, 0.2) is 23.4 Å². The lowest BCUT2D eigenvalue weighted by molar-refractivity contribution is -0.118. The number of tetrazole rings is 1. The van der Waals surface area contributed by atoms with E-state index in [0.29, 0.717) is 17.3 Å². The molecule has 0 saturated carbocycles. The zero-order valence-corrected chi connectivity index (χ0v) is 14.8. The van der Waals surface area contributed by atoms with Crippen molar-refractivity contribution in [3.05, 3.63) is 35.1 Å². The molecule has 3 rings (SSSR count). The van der Waals surface area contributed by atoms with E-state index >= 15 is 0 Å². The fourth-order valence-corrected chi connectivity index (χ4v) is 3.24. The molecule has 1 amide bonds. The van der Waals surface area contributed by atoms with Crippen molar-refractivity contribution in [2.45, 2.75) is 44.1 Å². The number of hydrogen-bond acceptors (Lipinski definition) is 6. The van der Waals surface area contributed by atoms with Gasteiger partial charge in [0.15, 0.2) is 0 Å². The number of rotatable bonds is 7. The Morgan fingerprint density at radius 1 is 1.52 bits per heavy atom. The van der Waals surface area contributed by atoms with Crippen molar-refractivity contribution in [2.75, 3.05) is 12.4 Å². The summed E-state index contributed by atoms with van der Waals surface area (Å²) in [5.74, 6) is -0.229. The molecular formula is C16H20FN5O2S. The number of carbonyl (C=O) groups is 1. The van der Waals surface area contributed by atoms with E-state index in [9.17, 15) is 9.18 Å². The Kier molecular flexibility index (Phi) is 5.98. The van der Waals surface area contributed by atoms with Crippen molar-refractivity contribution in [3.63, 3.8) is 0 Å². The van der Waals surface area contributed by atoms with Crippen molar-refractivity contribution in [2.24, 2.45) is 0 Å². The van der Waals surface area contributed by atoms with Crippen molar-refractivity contribution in [1.29, 1.82) is 0 Å². The number of thioether (sulfide) groups is 1. The first-order valence-electron chi connectivity index (χ1n) is 8.14. The number of aromatic nitrogens is 4. The summed E-state index contributed by atoms with van der Waals surface area (Å²) >= 11 is 1.27. The monoisotopic (exact) mass is 365 g/mol. The lowest BCUT2D eigenvalue weighted by Crippen LogP contribution is -2.25. The second-order valence-corrected chi connectivity index (χ2v) is 6.87. The Bertz CT molecular complexity index is 733. The van der Waals surface area contributed by atoms with Crippen molar-refractivity contribution in [1.82, 2.24) is 25.5 Å². The minimum atomic E-state index is -0.269. The highest BCUT2D eigenvalue weighted by atomic mass is 32.2. The van der Waals surface area contributed by atoms with E-state index < -0.39 is 0 Å². The van der Waals surface area contributed by atoms with E-state index in [2.05, 4.69) is 20.8 Å². The lowest BCUT2D eigenvalue weighted by atomic mass is 10.1. The Balaban J connectivity index is 1.46. The molecule has 1 fully saturated rings. The van der Waals surface area contributed by atoms with Gasteiger partial charge >= 0.3 is 0 Å². The molecule has 0 radical (unpaired) electrons. The van der Waals surface area contributed by atoms with Crippen molar-refractivity contribution < 1.29 is 13.9 Å². The summed E-state index contributed by atoms with van der Waals surface area (Å²) < 4.78 is 20.7. The minimum absolute atomic E-state index is 0.133. The molecule has 1 aliphatic heterocycles. The van der Waals surface area contributed by atoms with Gasteiger partial charge < -0.3 is 10.1 Å². The minimum Gasteiger partial charge on any atom is -0.376 e. The first-order valence-corrected chi connectivity index (χ1v) is 9.12. The van der Waals surface area contributed by atoms with Gasteiger partial charge in [0.1, 0.15) is 5.82 Å². The van der Waals surface area contributed by atoms with Crippen LogP contribution >= 0.6 is 11.8 Å². The van der Waals surface area contributed by atoms with E-state index in [1.807, 2.05) is 0 Å². The zero-order valence-electron chi connectivity index (χ0n) is 13.9. The Morgan fingerprint density at radius 2 is 2.40 bits per heavy atom. The predicted octanol–water partition coefficient (Wildman–Crippen LogP) is 1.71. The molecule has 1 unspecified atom stereocenters. The molecular weight excluding hydrogens is 345 g/mol. The molecule has 25 heavy (non-hydrogen) atoms. The largest absolute Gasteiger partial charge is 0.376 e. The van der Waals surface area contributed by atoms with E-state index in [-0.39, 0.29) is 30.1 Å². The molecule has 0 bridgehead atoms. The summed E-state index contributed by atoms with van der Waals surface area (Å²) in [6.45, 7) is 3.36. The van der Waals surface area contributed by atoms with E-state index in [4.69, 9.17) is 4.74 Å². The lowest BCUT2D eigenvalue weighted by Gasteiger charge is -2.10. The third-order valence-electron chi connectivity index (χ3n) is 3.96. The maximum Gasteiger partial charge on any atom is 0.230 e. The molecule has 1 N–H and O–H groups in total. The number of nitrogens with one attached hydrogen (secondary N) is 1. The highest BCUT2D eigenvalue weighted by Crippen LogP contribution is 2.18. The number of hydrogen-bond donors (Lipinski definition) is 1. The molecule has 9 heteroatoms. The van der Waals surface area contributed by atoms with Gasteiger partial charge in [-0.1, -0.05) is 23.9 Å². The maximum absolute atomic E-state index is 13.5. The number of nitrogens with zero attached hydrogens (tertiary/aromatic N) is 4. The number of amides is 1. The smallest absolute Gasteiger partial charge is 0.230 e. The third kappa shape index (κ3) is 4.99. The highest BCUT2D eigenvalue weighted by Gasteiger charge is 2.19. The van der Waals surface area contributed by atoms with Gasteiger partial charge in [-0.2, -0.15) is 0 Å². The fraction of sp³-hybridized carbons (Fsp3) is 0.500. The average Bonchev–Trinajstić information content (AvgIpc) is 3.26. The van der Waals surface area contributed by atoms with Crippen LogP contribution in [-0.4, -0.2) is 44.6 Å². The maximum atomic E-state index is 13.5. The summed E-state index contributed by atoms with van der Waals surface area (Å²) in [5.41, 5.74) is 1.31. The van der Waals surface area contributed by atoms with Crippen LogP contribution in [0.2, 0.25) is 0 Å². The molecule has 2 heterocycles. The quantitative estimate of drug-likeness (QED) is 0.752. The molecule has 1 aromatic heterocycles. The molecule has 1 aliphatic rings. The summed E-state index contributed by atoms with van der Waals surface area (Å²) in [5, 5.41) is 14.9. The molecule has 134 valence electrons. The standard InChI is InChI=1S/C16H20FN5O2S/c1-11-4-5-12(7-14(11)17)8-18-15(23)10-25-16-19-20-21-22(16)9-13-3-2-6-24-13/h4-5,7,13H,2-3,6,8-10H2,1H3,(H,18,23). The Morgan fingerprint density at radius 3 is 3.16 bits per heavy atom. The second kappa shape index (κ2) is 8.39. The predicted molar refractivity (Wildman–Crippen MR) is 90.5 cm³/mol. The topological polar surface area (TPSA) is 81.9 Å². The van der Waals surface area contributed by atoms with Crippen LogP contribution in [0.4, 0.5) is 4.39 Å². The molecule has 1 atom stereocenters. The van der Waals surface area contributed by atoms with Gasteiger partial charge in [-0.3, -0.25) is 4.79 Å². The van der Waals surface area contributed by atoms with Gasteiger partial charge in [-0.15, -0.1) is 5.10 Å². The first-order chi connectivity index (χ1) is 12.1. The average molecular weight is 365 g/mol. The normalized spacial score (nSPS) is 17.0. The van der Waals surface area contributed by atoms with Gasteiger partial charge in [-0.05, 0) is 47.4 Å². The summed E-state index contributed by atoms with van der Waals surface area (Å²) in [6, 6.07) is 4.93. The Labute approximate surface area is 149 Å². The van der Waals surface area contributed by atoms with Crippen LogP contribution in [0.25, 0.3) is 0 Å². The van der Waals surface area contributed by atoms with Crippen LogP contribution in [0.5, 0.6) is 0 Å². The number of aryl methyl sites for hydroxylation is 1. The Hall–Kier alpha value is -2.00. The van der Waals surface area contributed by atoms with Crippen LogP contribution < -0.4 is 5.32 Å². The van der Waals surface area contributed by atoms with Gasteiger partial charge in [0.05, 0.1) is 18.4 Å². The van der Waals surface area contributed by atoms with Crippen molar-refractivity contribution in [3.8, 4) is 0 Å². The molecule has 0 spiro atoms. The molecule has 1 saturated heterocycles. The summed E-state index contributed by atoms with van der Waals surface area (Å²) in [7, 11) is 0. The zero-order chi connectivity index (χ0) is 17.6. The number of carbonyl (C=O) groups excluding carboxylic acids is 1. The molecule has 1 aromatic carbocycles. The second-order valence-electron chi connectivity index (χ2n) is 5.93. The summed E-state index contributed by atoms with van der Waals surface area (Å²) in [4.78, 5) is 12.0. The van der Waals surface area contributed by atoms with Gasteiger partial charge in [0.25, 0.3) is 0 Å². The number of ether oxygens (including phenoxy) is 1. The fourth-order valence-electron chi connectivity index (χ4n) is 2.52. The van der Waals surface area contributed by atoms with Crippen LogP contribution in [-0.2, 0) is 22.6 Å². The van der Waals surface area contributed by atoms with Crippen LogP contribution in [0, 0.1) is 12.7 Å². The highest BCUT2D eigenvalue weighted by molar-refractivity contribution is 7.99. The SMILES string of the molecule is Cc1ccc(CNC(=O)CSc2nnnn2CC2CCCO2)cc1F. The molecule has 7 nitrogen and oxygen atoms in total. The molecule has 0 aliphatic carbocycles. The first kappa shape index (κ1) is 17.8. The van der Waals surface area contributed by atoms with Gasteiger partial charge in [0, 0.05) is 13.2 Å². The third-order valence-corrected chi connectivity index (χ3v) is 4.92. The summed E-state index contributed by atoms with van der Waals surface area (Å²) in [6.07, 6.45) is 2.18. The number of halogens is 1. The van der Waals surface area contributed by atoms with Gasteiger partial charge in [-0.25, -0.2) is 9.07 Å². The number of benzene rings is 1. The van der Waals surface area contributed by atoms with Crippen molar-refractivity contribution >= 4 is 17.7 Å². The van der Waals surface area contributed by atoms with E-state index in [0.717, 1.165) is 25.0 Å².